The average Bonchev–Trinajstić information content (AvgIpc) is 2.76. The highest BCUT2D eigenvalue weighted by Crippen LogP contribution is 2.10. The van der Waals surface area contributed by atoms with Crippen molar-refractivity contribution in [1.82, 2.24) is 20.4 Å². The van der Waals surface area contributed by atoms with E-state index < -0.39 is 0 Å². The molecule has 0 saturated carbocycles. The van der Waals surface area contributed by atoms with Gasteiger partial charge < -0.3 is 20.3 Å². The normalized spacial score (nSPS) is 15.6. The SMILES string of the molecule is CCCCOCCCNC(=NC)NCc1ccc(CN2CCN(CC)CC2)cc1.I. The number of hydrogen-bond acceptors (Lipinski definition) is 4. The van der Waals surface area contributed by atoms with Crippen molar-refractivity contribution in [2.75, 3.05) is 59.5 Å². The van der Waals surface area contributed by atoms with Crippen LogP contribution in [0.15, 0.2) is 29.3 Å². The maximum atomic E-state index is 5.59. The van der Waals surface area contributed by atoms with Crippen molar-refractivity contribution in [1.29, 1.82) is 0 Å². The largest absolute Gasteiger partial charge is 0.381 e. The lowest BCUT2D eigenvalue weighted by Crippen LogP contribution is -2.45. The molecule has 1 aliphatic rings. The van der Waals surface area contributed by atoms with Gasteiger partial charge in [-0.3, -0.25) is 9.89 Å². The van der Waals surface area contributed by atoms with Gasteiger partial charge in [0.1, 0.15) is 0 Å². The number of guanidine groups is 1. The molecule has 6 nitrogen and oxygen atoms in total. The molecule has 30 heavy (non-hydrogen) atoms. The van der Waals surface area contributed by atoms with Gasteiger partial charge in [-0.1, -0.05) is 44.5 Å². The lowest BCUT2D eigenvalue weighted by molar-refractivity contribution is 0.129. The number of hydrogen-bond donors (Lipinski definition) is 2. The molecule has 1 fully saturated rings. The molecule has 0 amide bonds. The highest BCUT2D eigenvalue weighted by atomic mass is 127. The molecular formula is C23H42IN5O. The molecule has 1 aromatic carbocycles. The number of benzene rings is 1. The van der Waals surface area contributed by atoms with Gasteiger partial charge in [-0.25, -0.2) is 0 Å². The number of unbranched alkanes of at least 4 members (excludes halogenated alkanes) is 1. The van der Waals surface area contributed by atoms with E-state index in [1.54, 1.807) is 0 Å². The zero-order chi connectivity index (χ0) is 20.7. The first kappa shape index (κ1) is 27.1. The number of ether oxygens (including phenoxy) is 1. The van der Waals surface area contributed by atoms with Crippen LogP contribution >= 0.6 is 24.0 Å². The highest BCUT2D eigenvalue weighted by molar-refractivity contribution is 14.0. The number of rotatable bonds is 12. The standard InChI is InChI=1S/C23H41N5O.HI/c1-4-6-17-29-18-7-12-25-23(24-3)26-19-21-8-10-22(11-9-21)20-28-15-13-27(5-2)14-16-28;/h8-11H,4-7,12-20H2,1-3H3,(H2,24,25,26);1H. The first-order valence-corrected chi connectivity index (χ1v) is 11.3. The van der Waals surface area contributed by atoms with Gasteiger partial charge in [0.25, 0.3) is 0 Å². The molecule has 2 rings (SSSR count). The number of halogens is 1. The maximum Gasteiger partial charge on any atom is 0.191 e. The monoisotopic (exact) mass is 531 g/mol. The van der Waals surface area contributed by atoms with Gasteiger partial charge in [-0.15, -0.1) is 24.0 Å². The smallest absolute Gasteiger partial charge is 0.191 e. The molecule has 2 N–H and O–H groups in total. The van der Waals surface area contributed by atoms with Gasteiger partial charge in [-0.2, -0.15) is 0 Å². The molecule has 0 atom stereocenters. The fourth-order valence-corrected chi connectivity index (χ4v) is 3.42. The molecule has 7 heteroatoms. The Morgan fingerprint density at radius 3 is 2.20 bits per heavy atom. The summed E-state index contributed by atoms with van der Waals surface area (Å²) in [5.41, 5.74) is 2.67. The zero-order valence-corrected chi connectivity index (χ0v) is 21.5. The Hall–Kier alpha value is -0.900. The van der Waals surface area contributed by atoms with Crippen LogP contribution < -0.4 is 10.6 Å². The summed E-state index contributed by atoms with van der Waals surface area (Å²) in [6, 6.07) is 8.96. The molecule has 1 aromatic rings. The molecule has 0 aliphatic carbocycles. The molecule has 0 aromatic heterocycles. The Balaban J connectivity index is 0.00000450. The van der Waals surface area contributed by atoms with Gasteiger partial charge in [-0.05, 0) is 30.5 Å². The lowest BCUT2D eigenvalue weighted by atomic mass is 10.1. The molecule has 172 valence electrons. The molecule has 0 radical (unpaired) electrons. The summed E-state index contributed by atoms with van der Waals surface area (Å²) in [7, 11) is 1.81. The molecule has 0 bridgehead atoms. The van der Waals surface area contributed by atoms with Crippen molar-refractivity contribution in [3.63, 3.8) is 0 Å². The van der Waals surface area contributed by atoms with Gasteiger partial charge in [0.15, 0.2) is 5.96 Å². The summed E-state index contributed by atoms with van der Waals surface area (Å²) < 4.78 is 5.59. The van der Waals surface area contributed by atoms with E-state index in [4.69, 9.17) is 4.74 Å². The van der Waals surface area contributed by atoms with Gasteiger partial charge in [0.05, 0.1) is 0 Å². The van der Waals surface area contributed by atoms with Crippen LogP contribution in [-0.4, -0.2) is 75.3 Å². The van der Waals surface area contributed by atoms with Gasteiger partial charge in [0, 0.05) is 66.1 Å². The minimum atomic E-state index is 0. The minimum Gasteiger partial charge on any atom is -0.381 e. The average molecular weight is 532 g/mol. The molecular weight excluding hydrogens is 489 g/mol. The van der Waals surface area contributed by atoms with E-state index in [0.717, 1.165) is 51.6 Å². The maximum absolute atomic E-state index is 5.59. The zero-order valence-electron chi connectivity index (χ0n) is 19.2. The Kier molecular flexibility index (Phi) is 15.2. The van der Waals surface area contributed by atoms with E-state index in [0.29, 0.717) is 0 Å². The summed E-state index contributed by atoms with van der Waals surface area (Å²) in [5, 5.41) is 6.74. The van der Waals surface area contributed by atoms with Gasteiger partial charge in [0.2, 0.25) is 0 Å². The number of likely N-dealkylation sites (N-methyl/N-ethyl adjacent to an activating group) is 1. The third-order valence-electron chi connectivity index (χ3n) is 5.42. The first-order chi connectivity index (χ1) is 14.2. The summed E-state index contributed by atoms with van der Waals surface area (Å²) in [5.74, 6) is 0.844. The molecule has 1 heterocycles. The number of nitrogens with one attached hydrogen (secondary N) is 2. The van der Waals surface area contributed by atoms with Crippen LogP contribution in [0.1, 0.15) is 44.2 Å². The van der Waals surface area contributed by atoms with Crippen LogP contribution in [0.5, 0.6) is 0 Å². The Morgan fingerprint density at radius 2 is 1.57 bits per heavy atom. The van der Waals surface area contributed by atoms with Crippen LogP contribution in [0, 0.1) is 0 Å². The molecule has 1 aliphatic heterocycles. The van der Waals surface area contributed by atoms with E-state index in [9.17, 15) is 0 Å². The second-order valence-electron chi connectivity index (χ2n) is 7.70. The molecule has 0 unspecified atom stereocenters. The Morgan fingerprint density at radius 1 is 0.933 bits per heavy atom. The van der Waals surface area contributed by atoms with Crippen molar-refractivity contribution in [2.45, 2.75) is 46.2 Å². The summed E-state index contributed by atoms with van der Waals surface area (Å²) in [6.07, 6.45) is 3.32. The second kappa shape index (κ2) is 16.8. The van der Waals surface area contributed by atoms with Crippen LogP contribution in [0.4, 0.5) is 0 Å². The summed E-state index contributed by atoms with van der Waals surface area (Å²) >= 11 is 0. The number of piperazine rings is 1. The third-order valence-corrected chi connectivity index (χ3v) is 5.42. The van der Waals surface area contributed by atoms with Crippen molar-refractivity contribution < 1.29 is 4.74 Å². The molecule has 1 saturated heterocycles. The summed E-state index contributed by atoms with van der Waals surface area (Å²) in [6.45, 7) is 14.7. The van der Waals surface area contributed by atoms with Crippen molar-refractivity contribution >= 4 is 29.9 Å². The third kappa shape index (κ3) is 10.9. The fraction of sp³-hybridized carbons (Fsp3) is 0.696. The van der Waals surface area contributed by atoms with Crippen molar-refractivity contribution in [3.8, 4) is 0 Å². The van der Waals surface area contributed by atoms with E-state index in [1.165, 1.54) is 50.3 Å². The van der Waals surface area contributed by atoms with Crippen LogP contribution in [-0.2, 0) is 17.8 Å². The van der Waals surface area contributed by atoms with E-state index >= 15 is 0 Å². The van der Waals surface area contributed by atoms with E-state index in [2.05, 4.69) is 63.5 Å². The quantitative estimate of drug-likeness (QED) is 0.188. The number of aliphatic imine (C=N–C) groups is 1. The lowest BCUT2D eigenvalue weighted by Gasteiger charge is -2.34. The fourth-order valence-electron chi connectivity index (χ4n) is 3.42. The van der Waals surface area contributed by atoms with E-state index in [-0.39, 0.29) is 24.0 Å². The Labute approximate surface area is 200 Å². The predicted octanol–water partition coefficient (Wildman–Crippen LogP) is 3.31. The first-order valence-electron chi connectivity index (χ1n) is 11.3. The van der Waals surface area contributed by atoms with Crippen molar-refractivity contribution in [2.24, 2.45) is 4.99 Å². The summed E-state index contributed by atoms with van der Waals surface area (Å²) in [4.78, 5) is 9.37. The van der Waals surface area contributed by atoms with Crippen LogP contribution in [0.3, 0.4) is 0 Å². The molecule has 0 spiro atoms. The van der Waals surface area contributed by atoms with E-state index in [1.807, 2.05) is 7.05 Å². The minimum absolute atomic E-state index is 0. The number of nitrogens with zero attached hydrogens (tertiary/aromatic N) is 3. The van der Waals surface area contributed by atoms with Crippen LogP contribution in [0.2, 0.25) is 0 Å². The topological polar surface area (TPSA) is 52.1 Å². The second-order valence-corrected chi connectivity index (χ2v) is 7.70. The highest BCUT2D eigenvalue weighted by Gasteiger charge is 2.15. The predicted molar refractivity (Wildman–Crippen MR) is 138 cm³/mol. The van der Waals surface area contributed by atoms with Crippen LogP contribution in [0.25, 0.3) is 0 Å². The van der Waals surface area contributed by atoms with Crippen molar-refractivity contribution in [3.05, 3.63) is 35.4 Å². The Bertz CT molecular complexity index is 573. The van der Waals surface area contributed by atoms with Gasteiger partial charge >= 0.3 is 0 Å².